The molecule has 0 radical (unpaired) electrons. The molecule has 5 heteroatoms. The van der Waals surface area contributed by atoms with Crippen LogP contribution in [0.3, 0.4) is 0 Å². The Morgan fingerprint density at radius 1 is 1.43 bits per heavy atom. The number of methoxy groups -OCH3 is 1. The maximum atomic E-state index is 6.10. The Morgan fingerprint density at radius 2 is 2.29 bits per heavy atom. The Labute approximate surface area is 130 Å². The predicted octanol–water partition coefficient (Wildman–Crippen LogP) is 3.13. The van der Waals surface area contributed by atoms with Crippen LogP contribution in [-0.4, -0.2) is 41.7 Å². The number of likely N-dealkylation sites (tertiary alicyclic amines) is 1. The maximum Gasteiger partial charge on any atom is 0.124 e. The zero-order valence-electron chi connectivity index (χ0n) is 12.7. The first-order chi connectivity index (χ1) is 10.2. The van der Waals surface area contributed by atoms with Gasteiger partial charge in [-0.15, -0.1) is 11.6 Å². The second-order valence-corrected chi connectivity index (χ2v) is 6.16. The van der Waals surface area contributed by atoms with Crippen LogP contribution < -0.4 is 4.74 Å². The number of nitrogens with zero attached hydrogens (tertiary/aromatic N) is 3. The van der Waals surface area contributed by atoms with Gasteiger partial charge in [-0.3, -0.25) is 0 Å². The number of hydrogen-bond donors (Lipinski definition) is 0. The topological polar surface area (TPSA) is 30.3 Å². The second kappa shape index (κ2) is 6.24. The average molecular weight is 308 g/mol. The van der Waals surface area contributed by atoms with Crippen molar-refractivity contribution in [1.29, 1.82) is 0 Å². The number of aromatic nitrogens is 2. The van der Waals surface area contributed by atoms with Crippen LogP contribution in [-0.2, 0) is 12.4 Å². The number of piperidine rings is 1. The normalized spacial score (nSPS) is 20.0. The molecule has 4 nitrogen and oxygen atoms in total. The van der Waals surface area contributed by atoms with Gasteiger partial charge in [-0.25, -0.2) is 4.98 Å². The van der Waals surface area contributed by atoms with E-state index < -0.39 is 0 Å². The van der Waals surface area contributed by atoms with Crippen LogP contribution >= 0.6 is 11.6 Å². The molecule has 2 heterocycles. The summed E-state index contributed by atoms with van der Waals surface area (Å²) in [4.78, 5) is 7.06. The first-order valence-electron chi connectivity index (χ1n) is 7.49. The summed E-state index contributed by atoms with van der Waals surface area (Å²) in [5, 5.41) is 0. The molecule has 0 spiro atoms. The molecule has 0 bridgehead atoms. The quantitative estimate of drug-likeness (QED) is 0.813. The van der Waals surface area contributed by atoms with Crippen LogP contribution in [0.2, 0.25) is 0 Å². The lowest BCUT2D eigenvalue weighted by Gasteiger charge is -2.30. The van der Waals surface area contributed by atoms with E-state index in [0.29, 0.717) is 11.8 Å². The van der Waals surface area contributed by atoms with Crippen molar-refractivity contribution >= 4 is 22.6 Å². The van der Waals surface area contributed by atoms with E-state index in [-0.39, 0.29) is 0 Å². The van der Waals surface area contributed by atoms with Crippen molar-refractivity contribution < 1.29 is 4.74 Å². The molecule has 1 atom stereocenters. The van der Waals surface area contributed by atoms with Gasteiger partial charge in [0.2, 0.25) is 0 Å². The molecule has 1 aliphatic rings. The van der Waals surface area contributed by atoms with Crippen molar-refractivity contribution in [1.82, 2.24) is 14.5 Å². The lowest BCUT2D eigenvalue weighted by molar-refractivity contribution is 0.195. The summed E-state index contributed by atoms with van der Waals surface area (Å²) < 4.78 is 7.62. The Balaban J connectivity index is 1.94. The first-order valence-corrected chi connectivity index (χ1v) is 8.02. The van der Waals surface area contributed by atoms with E-state index in [9.17, 15) is 0 Å². The average Bonchev–Trinajstić information content (AvgIpc) is 2.84. The van der Waals surface area contributed by atoms with Gasteiger partial charge >= 0.3 is 0 Å². The summed E-state index contributed by atoms with van der Waals surface area (Å²) in [5.41, 5.74) is 2.12. The number of imidazole rings is 1. The van der Waals surface area contributed by atoms with E-state index in [2.05, 4.69) is 27.6 Å². The van der Waals surface area contributed by atoms with E-state index in [1.807, 2.05) is 12.1 Å². The Hall–Kier alpha value is -1.26. The summed E-state index contributed by atoms with van der Waals surface area (Å²) in [6.45, 7) is 3.33. The third-order valence-electron chi connectivity index (χ3n) is 4.32. The lowest BCUT2D eigenvalue weighted by atomic mass is 9.98. The minimum Gasteiger partial charge on any atom is -0.497 e. The van der Waals surface area contributed by atoms with E-state index >= 15 is 0 Å². The van der Waals surface area contributed by atoms with Crippen LogP contribution in [0.4, 0.5) is 0 Å². The lowest BCUT2D eigenvalue weighted by Crippen LogP contribution is -2.34. The van der Waals surface area contributed by atoms with Crippen molar-refractivity contribution in [2.45, 2.75) is 25.3 Å². The van der Waals surface area contributed by atoms with Gasteiger partial charge in [-0.05, 0) is 44.5 Å². The van der Waals surface area contributed by atoms with Crippen LogP contribution in [0.1, 0.15) is 18.7 Å². The van der Waals surface area contributed by atoms with Crippen molar-refractivity contribution in [3.05, 3.63) is 24.0 Å². The number of rotatable bonds is 4. The number of halogens is 1. The molecule has 1 aliphatic heterocycles. The molecular weight excluding hydrogens is 286 g/mol. The van der Waals surface area contributed by atoms with Gasteiger partial charge in [0.15, 0.2) is 0 Å². The Morgan fingerprint density at radius 3 is 3.00 bits per heavy atom. The Kier molecular flexibility index (Phi) is 4.36. The smallest absolute Gasteiger partial charge is 0.124 e. The number of hydrogen-bond acceptors (Lipinski definition) is 3. The molecule has 2 aromatic rings. The predicted molar refractivity (Wildman–Crippen MR) is 86.1 cm³/mol. The number of ether oxygens (including phenoxy) is 1. The molecule has 1 fully saturated rings. The highest BCUT2D eigenvalue weighted by atomic mass is 35.5. The standard InChI is InChI=1S/C16H22ClN3O/c1-19-7-3-4-12(10-19)11-20-15-8-13(21-2)5-6-14(15)18-16(20)9-17/h5-6,8,12H,3-4,7,9-11H2,1-2H3. The van der Waals surface area contributed by atoms with Crippen molar-refractivity contribution in [2.24, 2.45) is 5.92 Å². The second-order valence-electron chi connectivity index (χ2n) is 5.90. The van der Waals surface area contributed by atoms with Crippen LogP contribution in [0, 0.1) is 5.92 Å². The van der Waals surface area contributed by atoms with E-state index in [0.717, 1.165) is 35.7 Å². The summed E-state index contributed by atoms with van der Waals surface area (Å²) >= 11 is 6.10. The van der Waals surface area contributed by atoms with Crippen LogP contribution in [0.25, 0.3) is 11.0 Å². The molecule has 0 saturated carbocycles. The van der Waals surface area contributed by atoms with Crippen LogP contribution in [0.15, 0.2) is 18.2 Å². The van der Waals surface area contributed by atoms with Gasteiger partial charge in [0.05, 0.1) is 24.0 Å². The minimum atomic E-state index is 0.444. The fourth-order valence-corrected chi connectivity index (χ4v) is 3.47. The highest BCUT2D eigenvalue weighted by molar-refractivity contribution is 6.16. The molecule has 1 aromatic heterocycles. The zero-order valence-corrected chi connectivity index (χ0v) is 13.4. The third-order valence-corrected chi connectivity index (χ3v) is 4.56. The van der Waals surface area contributed by atoms with Crippen molar-refractivity contribution in [2.75, 3.05) is 27.2 Å². The SMILES string of the molecule is COc1ccc2nc(CCl)n(CC3CCCN(C)C3)c2c1. The molecule has 0 amide bonds. The molecule has 3 rings (SSSR count). The molecule has 0 N–H and O–H groups in total. The van der Waals surface area contributed by atoms with Crippen molar-refractivity contribution in [3.63, 3.8) is 0 Å². The molecule has 1 unspecified atom stereocenters. The molecule has 21 heavy (non-hydrogen) atoms. The largest absolute Gasteiger partial charge is 0.497 e. The third kappa shape index (κ3) is 3.01. The van der Waals surface area contributed by atoms with E-state index in [1.54, 1.807) is 7.11 Å². The first kappa shape index (κ1) is 14.7. The van der Waals surface area contributed by atoms with Gasteiger partial charge in [-0.2, -0.15) is 0 Å². The zero-order chi connectivity index (χ0) is 14.8. The Bertz CT molecular complexity index is 625. The van der Waals surface area contributed by atoms with Gasteiger partial charge in [-0.1, -0.05) is 0 Å². The van der Waals surface area contributed by atoms with Crippen molar-refractivity contribution in [3.8, 4) is 5.75 Å². The highest BCUT2D eigenvalue weighted by Gasteiger charge is 2.20. The van der Waals surface area contributed by atoms with Crippen LogP contribution in [0.5, 0.6) is 5.75 Å². The molecule has 1 saturated heterocycles. The molecule has 114 valence electrons. The number of alkyl halides is 1. The summed E-state index contributed by atoms with van der Waals surface area (Å²) in [6, 6.07) is 6.02. The van der Waals surface area contributed by atoms with E-state index in [4.69, 9.17) is 16.3 Å². The van der Waals surface area contributed by atoms with Gasteiger partial charge < -0.3 is 14.2 Å². The molecule has 0 aliphatic carbocycles. The highest BCUT2D eigenvalue weighted by Crippen LogP contribution is 2.26. The van der Waals surface area contributed by atoms with Gasteiger partial charge in [0, 0.05) is 19.2 Å². The number of benzene rings is 1. The number of fused-ring (bicyclic) bond motifs is 1. The molecule has 1 aromatic carbocycles. The summed E-state index contributed by atoms with van der Waals surface area (Å²) in [6.07, 6.45) is 2.54. The van der Waals surface area contributed by atoms with Gasteiger partial charge in [0.1, 0.15) is 11.6 Å². The van der Waals surface area contributed by atoms with Gasteiger partial charge in [0.25, 0.3) is 0 Å². The summed E-state index contributed by atoms with van der Waals surface area (Å²) in [7, 11) is 3.89. The minimum absolute atomic E-state index is 0.444. The summed E-state index contributed by atoms with van der Waals surface area (Å²) in [5.74, 6) is 2.92. The fourth-order valence-electron chi connectivity index (χ4n) is 3.27. The fraction of sp³-hybridized carbons (Fsp3) is 0.562. The monoisotopic (exact) mass is 307 g/mol. The maximum absolute atomic E-state index is 6.10. The molecular formula is C16H22ClN3O. The van der Waals surface area contributed by atoms with E-state index in [1.165, 1.54) is 19.4 Å².